The van der Waals surface area contributed by atoms with Crippen molar-refractivity contribution in [1.29, 1.82) is 0 Å². The summed E-state index contributed by atoms with van der Waals surface area (Å²) in [6.07, 6.45) is 3.50. The minimum Gasteiger partial charge on any atom is -0.497 e. The predicted octanol–water partition coefficient (Wildman–Crippen LogP) is 1.56. The van der Waals surface area contributed by atoms with Gasteiger partial charge in [-0.1, -0.05) is 0 Å². The maximum Gasteiger partial charge on any atom is 0.243 e. The van der Waals surface area contributed by atoms with Crippen LogP contribution in [0.3, 0.4) is 0 Å². The highest BCUT2D eigenvalue weighted by Gasteiger charge is 2.29. The molecule has 5 heteroatoms. The standard InChI is InChI=1S/C13H16N2O3/c1-17-11-6-5-10(12(7-11)18-2)8-14-15-13(16)9-3-4-9/h5-9H,3-4H2,1-2H3,(H,15,16). The third-order valence-corrected chi connectivity index (χ3v) is 2.77. The average molecular weight is 248 g/mol. The van der Waals surface area contributed by atoms with Gasteiger partial charge in [0.15, 0.2) is 0 Å². The van der Waals surface area contributed by atoms with Gasteiger partial charge in [-0.3, -0.25) is 4.79 Å². The number of nitrogens with zero attached hydrogens (tertiary/aromatic N) is 1. The maximum atomic E-state index is 11.4. The molecule has 18 heavy (non-hydrogen) atoms. The molecular formula is C13H16N2O3. The molecule has 0 spiro atoms. The number of rotatable bonds is 5. The van der Waals surface area contributed by atoms with Crippen molar-refractivity contribution in [1.82, 2.24) is 5.43 Å². The molecule has 0 bridgehead atoms. The lowest BCUT2D eigenvalue weighted by molar-refractivity contribution is -0.122. The molecule has 96 valence electrons. The highest BCUT2D eigenvalue weighted by atomic mass is 16.5. The van der Waals surface area contributed by atoms with Gasteiger partial charge in [0.25, 0.3) is 0 Å². The zero-order chi connectivity index (χ0) is 13.0. The van der Waals surface area contributed by atoms with Gasteiger partial charge in [-0.15, -0.1) is 0 Å². The Morgan fingerprint density at radius 1 is 1.39 bits per heavy atom. The van der Waals surface area contributed by atoms with E-state index in [4.69, 9.17) is 9.47 Å². The van der Waals surface area contributed by atoms with E-state index in [1.807, 2.05) is 12.1 Å². The van der Waals surface area contributed by atoms with Crippen LogP contribution in [0, 0.1) is 5.92 Å². The molecule has 0 aromatic heterocycles. The molecule has 1 amide bonds. The van der Waals surface area contributed by atoms with Gasteiger partial charge in [0.2, 0.25) is 5.91 Å². The van der Waals surface area contributed by atoms with Crippen molar-refractivity contribution in [2.75, 3.05) is 14.2 Å². The molecule has 0 aliphatic heterocycles. The van der Waals surface area contributed by atoms with E-state index >= 15 is 0 Å². The van der Waals surface area contributed by atoms with Crippen LogP contribution in [0.5, 0.6) is 11.5 Å². The highest BCUT2D eigenvalue weighted by molar-refractivity contribution is 5.86. The molecule has 1 saturated carbocycles. The second-order valence-corrected chi connectivity index (χ2v) is 4.12. The molecule has 1 fully saturated rings. The van der Waals surface area contributed by atoms with Crippen LogP contribution >= 0.6 is 0 Å². The summed E-state index contributed by atoms with van der Waals surface area (Å²) in [6.45, 7) is 0. The summed E-state index contributed by atoms with van der Waals surface area (Å²) in [4.78, 5) is 11.4. The van der Waals surface area contributed by atoms with Crippen molar-refractivity contribution in [3.8, 4) is 11.5 Å². The third kappa shape index (κ3) is 3.00. The number of carbonyl (C=O) groups is 1. The van der Waals surface area contributed by atoms with Crippen molar-refractivity contribution in [3.63, 3.8) is 0 Å². The summed E-state index contributed by atoms with van der Waals surface area (Å²) in [5, 5.41) is 3.92. The van der Waals surface area contributed by atoms with Gasteiger partial charge in [0.1, 0.15) is 11.5 Å². The van der Waals surface area contributed by atoms with Gasteiger partial charge < -0.3 is 9.47 Å². The Labute approximate surface area is 106 Å². The van der Waals surface area contributed by atoms with Crippen LogP contribution in [-0.4, -0.2) is 26.3 Å². The molecular weight excluding hydrogens is 232 g/mol. The number of benzene rings is 1. The molecule has 1 aromatic rings. The van der Waals surface area contributed by atoms with Crippen LogP contribution in [0.1, 0.15) is 18.4 Å². The van der Waals surface area contributed by atoms with Gasteiger partial charge in [0, 0.05) is 17.5 Å². The van der Waals surface area contributed by atoms with Crippen LogP contribution in [0.4, 0.5) is 0 Å². The van der Waals surface area contributed by atoms with Crippen molar-refractivity contribution in [2.45, 2.75) is 12.8 Å². The minimum absolute atomic E-state index is 0.0151. The zero-order valence-electron chi connectivity index (χ0n) is 10.5. The molecule has 1 aliphatic rings. The molecule has 0 saturated heterocycles. The number of hydrogen-bond donors (Lipinski definition) is 1. The summed E-state index contributed by atoms with van der Waals surface area (Å²) in [7, 11) is 3.17. The summed E-state index contributed by atoms with van der Waals surface area (Å²) in [6, 6.07) is 5.40. The zero-order valence-corrected chi connectivity index (χ0v) is 10.5. The molecule has 1 N–H and O–H groups in total. The summed E-state index contributed by atoms with van der Waals surface area (Å²) < 4.78 is 10.3. The number of hydrazone groups is 1. The molecule has 0 radical (unpaired) electrons. The topological polar surface area (TPSA) is 59.9 Å². The van der Waals surface area contributed by atoms with Gasteiger partial charge in [0.05, 0.1) is 20.4 Å². The van der Waals surface area contributed by atoms with Gasteiger partial charge in [-0.2, -0.15) is 5.10 Å². The summed E-state index contributed by atoms with van der Waals surface area (Å²) >= 11 is 0. The molecule has 1 aromatic carbocycles. The summed E-state index contributed by atoms with van der Waals surface area (Å²) in [5.41, 5.74) is 3.30. The first-order chi connectivity index (χ1) is 8.74. The van der Waals surface area contributed by atoms with E-state index < -0.39 is 0 Å². The number of hydrogen-bond acceptors (Lipinski definition) is 4. The second kappa shape index (κ2) is 5.53. The second-order valence-electron chi connectivity index (χ2n) is 4.12. The van der Waals surface area contributed by atoms with Crippen molar-refractivity contribution in [2.24, 2.45) is 11.0 Å². The number of methoxy groups -OCH3 is 2. The number of nitrogens with one attached hydrogen (secondary N) is 1. The van der Waals surface area contributed by atoms with E-state index in [0.717, 1.165) is 18.4 Å². The van der Waals surface area contributed by atoms with Crippen LogP contribution in [-0.2, 0) is 4.79 Å². The molecule has 2 rings (SSSR count). The van der Waals surface area contributed by atoms with Crippen LogP contribution in [0.15, 0.2) is 23.3 Å². The highest BCUT2D eigenvalue weighted by Crippen LogP contribution is 2.28. The van der Waals surface area contributed by atoms with Gasteiger partial charge in [-0.05, 0) is 25.0 Å². The maximum absolute atomic E-state index is 11.4. The van der Waals surface area contributed by atoms with E-state index in [2.05, 4.69) is 10.5 Å². The number of ether oxygens (including phenoxy) is 2. The fourth-order valence-corrected chi connectivity index (χ4v) is 1.53. The first kappa shape index (κ1) is 12.4. The molecule has 0 atom stereocenters. The fraction of sp³-hybridized carbons (Fsp3) is 0.385. The largest absolute Gasteiger partial charge is 0.497 e. The van der Waals surface area contributed by atoms with E-state index in [1.165, 1.54) is 0 Å². The number of amides is 1. The first-order valence-corrected chi connectivity index (χ1v) is 5.79. The third-order valence-electron chi connectivity index (χ3n) is 2.77. The lowest BCUT2D eigenvalue weighted by atomic mass is 10.2. The Morgan fingerprint density at radius 2 is 2.17 bits per heavy atom. The Bertz CT molecular complexity index is 467. The quantitative estimate of drug-likeness (QED) is 0.635. The Balaban J connectivity index is 2.02. The molecule has 0 unspecified atom stereocenters. The Hall–Kier alpha value is -2.04. The fourth-order valence-electron chi connectivity index (χ4n) is 1.53. The molecule has 0 heterocycles. The lowest BCUT2D eigenvalue weighted by Gasteiger charge is -2.06. The van der Waals surface area contributed by atoms with Crippen molar-refractivity contribution in [3.05, 3.63) is 23.8 Å². The Morgan fingerprint density at radius 3 is 2.78 bits per heavy atom. The first-order valence-electron chi connectivity index (χ1n) is 5.79. The smallest absolute Gasteiger partial charge is 0.243 e. The minimum atomic E-state index is -0.0151. The monoisotopic (exact) mass is 248 g/mol. The lowest BCUT2D eigenvalue weighted by Crippen LogP contribution is -2.19. The molecule has 1 aliphatic carbocycles. The van der Waals surface area contributed by atoms with E-state index in [-0.39, 0.29) is 11.8 Å². The summed E-state index contributed by atoms with van der Waals surface area (Å²) in [5.74, 6) is 1.50. The normalized spacial score (nSPS) is 14.6. The van der Waals surface area contributed by atoms with Crippen LogP contribution in [0.25, 0.3) is 0 Å². The van der Waals surface area contributed by atoms with E-state index in [9.17, 15) is 4.79 Å². The van der Waals surface area contributed by atoms with Crippen molar-refractivity contribution < 1.29 is 14.3 Å². The van der Waals surface area contributed by atoms with Crippen LogP contribution in [0.2, 0.25) is 0 Å². The van der Waals surface area contributed by atoms with E-state index in [1.54, 1.807) is 26.5 Å². The Kier molecular flexibility index (Phi) is 3.82. The average Bonchev–Trinajstić information content (AvgIpc) is 3.23. The molecule has 5 nitrogen and oxygen atoms in total. The van der Waals surface area contributed by atoms with E-state index in [0.29, 0.717) is 11.5 Å². The predicted molar refractivity (Wildman–Crippen MR) is 68.0 cm³/mol. The number of carbonyl (C=O) groups excluding carboxylic acids is 1. The van der Waals surface area contributed by atoms with Gasteiger partial charge in [-0.25, -0.2) is 5.43 Å². The van der Waals surface area contributed by atoms with Crippen LogP contribution < -0.4 is 14.9 Å². The van der Waals surface area contributed by atoms with Gasteiger partial charge >= 0.3 is 0 Å². The van der Waals surface area contributed by atoms with Crippen molar-refractivity contribution >= 4 is 12.1 Å². The SMILES string of the molecule is COc1ccc(C=NNC(=O)C2CC2)c(OC)c1.